The first-order valence-corrected chi connectivity index (χ1v) is 11.9. The highest BCUT2D eigenvalue weighted by atomic mass is 32.2. The Morgan fingerprint density at radius 3 is 2.66 bits per heavy atom. The minimum atomic E-state index is -3.86. The molecule has 4 rings (SSSR count). The van der Waals surface area contributed by atoms with Gasteiger partial charge in [0.25, 0.3) is 0 Å². The van der Waals surface area contributed by atoms with Crippen LogP contribution in [0.1, 0.15) is 19.3 Å². The van der Waals surface area contributed by atoms with Gasteiger partial charge in [-0.2, -0.15) is 0 Å². The molecule has 1 saturated heterocycles. The topological polar surface area (TPSA) is 88.6 Å². The molecule has 2 heterocycles. The second kappa shape index (κ2) is 9.62. The average molecular weight is 458 g/mol. The molecule has 1 aromatic heterocycles. The number of halogens is 1. The Hall–Kier alpha value is -3.04. The van der Waals surface area contributed by atoms with E-state index in [1.165, 1.54) is 18.2 Å². The van der Waals surface area contributed by atoms with Gasteiger partial charge in [0.2, 0.25) is 15.9 Å². The number of sulfonamides is 1. The summed E-state index contributed by atoms with van der Waals surface area (Å²) < 4.78 is 46.2. The number of ether oxygens (including phenoxy) is 1. The molecule has 1 amide bonds. The maximum absolute atomic E-state index is 13.3. The molecule has 0 spiro atoms. The van der Waals surface area contributed by atoms with E-state index in [0.29, 0.717) is 25.9 Å². The number of para-hydroxylation sites is 1. The summed E-state index contributed by atoms with van der Waals surface area (Å²) in [7, 11) is -3.86. The minimum absolute atomic E-state index is 0.0156. The molecular formula is C23H24FN3O4S. The van der Waals surface area contributed by atoms with E-state index in [4.69, 9.17) is 4.74 Å². The Balaban J connectivity index is 1.26. The summed E-state index contributed by atoms with van der Waals surface area (Å²) >= 11 is 0. The van der Waals surface area contributed by atoms with Gasteiger partial charge in [-0.15, -0.1) is 0 Å². The number of amides is 1. The van der Waals surface area contributed by atoms with Crippen LogP contribution in [-0.4, -0.2) is 49.9 Å². The predicted octanol–water partition coefficient (Wildman–Crippen LogP) is 3.11. The molecule has 0 radical (unpaired) electrons. The van der Waals surface area contributed by atoms with Gasteiger partial charge in [0.05, 0.1) is 4.90 Å². The minimum Gasteiger partial charge on any atom is -0.488 e. The van der Waals surface area contributed by atoms with E-state index in [9.17, 15) is 17.6 Å². The van der Waals surface area contributed by atoms with Crippen molar-refractivity contribution in [2.45, 2.75) is 30.3 Å². The third-order valence-corrected chi connectivity index (χ3v) is 6.88. The fourth-order valence-electron chi connectivity index (χ4n) is 3.74. The van der Waals surface area contributed by atoms with Crippen LogP contribution in [0.2, 0.25) is 0 Å². The van der Waals surface area contributed by atoms with Gasteiger partial charge in [-0.3, -0.25) is 9.78 Å². The third kappa shape index (κ3) is 5.23. The van der Waals surface area contributed by atoms with E-state index in [1.807, 2.05) is 30.3 Å². The van der Waals surface area contributed by atoms with Crippen LogP contribution in [-0.2, 0) is 14.8 Å². The normalized spacial score (nSPS) is 15.1. The van der Waals surface area contributed by atoms with Crippen molar-refractivity contribution in [3.05, 3.63) is 66.6 Å². The van der Waals surface area contributed by atoms with Crippen molar-refractivity contribution in [3.8, 4) is 5.75 Å². The van der Waals surface area contributed by atoms with Crippen molar-refractivity contribution in [1.29, 1.82) is 0 Å². The lowest BCUT2D eigenvalue weighted by molar-refractivity contribution is -0.132. The number of piperidine rings is 1. The summed E-state index contributed by atoms with van der Waals surface area (Å²) in [6, 6.07) is 14.4. The standard InChI is InChI=1S/C23H24FN3O4S/c24-18-6-2-7-20(16-18)32(29,30)26-13-9-22(28)27-14-10-19(11-15-27)31-21-8-1-4-17-5-3-12-25-23(17)21/h1-8,12,16,19,26H,9-11,13-15H2. The molecule has 0 saturated carbocycles. The van der Waals surface area contributed by atoms with E-state index in [-0.39, 0.29) is 29.9 Å². The van der Waals surface area contributed by atoms with Crippen molar-refractivity contribution in [3.63, 3.8) is 0 Å². The summed E-state index contributed by atoms with van der Waals surface area (Å²) in [5, 5.41) is 1.01. The number of aromatic nitrogens is 1. The number of nitrogens with zero attached hydrogens (tertiary/aromatic N) is 2. The molecule has 0 atom stereocenters. The second-order valence-electron chi connectivity index (χ2n) is 7.63. The highest BCUT2D eigenvalue weighted by Crippen LogP contribution is 2.26. The summed E-state index contributed by atoms with van der Waals surface area (Å²) in [4.78, 5) is 18.5. The van der Waals surface area contributed by atoms with E-state index in [1.54, 1.807) is 11.1 Å². The van der Waals surface area contributed by atoms with Crippen molar-refractivity contribution in [2.24, 2.45) is 0 Å². The van der Waals surface area contributed by atoms with Crippen LogP contribution in [0.5, 0.6) is 5.75 Å². The van der Waals surface area contributed by atoms with Crippen LogP contribution in [0.15, 0.2) is 65.7 Å². The lowest BCUT2D eigenvalue weighted by Crippen LogP contribution is -2.42. The first-order chi connectivity index (χ1) is 15.4. The number of pyridine rings is 1. The lowest BCUT2D eigenvalue weighted by Gasteiger charge is -2.32. The van der Waals surface area contributed by atoms with Crippen molar-refractivity contribution in [2.75, 3.05) is 19.6 Å². The molecule has 1 aliphatic rings. The van der Waals surface area contributed by atoms with Crippen molar-refractivity contribution >= 4 is 26.8 Å². The van der Waals surface area contributed by atoms with Crippen LogP contribution in [0.4, 0.5) is 4.39 Å². The fraction of sp³-hybridized carbons (Fsp3) is 0.304. The summed E-state index contributed by atoms with van der Waals surface area (Å²) in [5.41, 5.74) is 0.819. The predicted molar refractivity (Wildman–Crippen MR) is 118 cm³/mol. The maximum Gasteiger partial charge on any atom is 0.240 e. The molecule has 0 aliphatic carbocycles. The van der Waals surface area contributed by atoms with Gasteiger partial charge >= 0.3 is 0 Å². The lowest BCUT2D eigenvalue weighted by atomic mass is 10.1. The number of fused-ring (bicyclic) bond motifs is 1. The fourth-order valence-corrected chi connectivity index (χ4v) is 4.80. The van der Waals surface area contributed by atoms with Gasteiger partial charge in [-0.1, -0.05) is 24.3 Å². The third-order valence-electron chi connectivity index (χ3n) is 5.42. The maximum atomic E-state index is 13.3. The highest BCUT2D eigenvalue weighted by Gasteiger charge is 2.25. The largest absolute Gasteiger partial charge is 0.488 e. The number of nitrogens with one attached hydrogen (secondary N) is 1. The number of hydrogen-bond donors (Lipinski definition) is 1. The zero-order valence-corrected chi connectivity index (χ0v) is 18.2. The molecule has 32 heavy (non-hydrogen) atoms. The SMILES string of the molecule is O=C(CCNS(=O)(=O)c1cccc(F)c1)N1CCC(Oc2cccc3cccnc23)CC1. The van der Waals surface area contributed by atoms with Crippen LogP contribution < -0.4 is 9.46 Å². The van der Waals surface area contributed by atoms with E-state index >= 15 is 0 Å². The van der Waals surface area contributed by atoms with Gasteiger partial charge in [-0.05, 0) is 30.3 Å². The van der Waals surface area contributed by atoms with Gasteiger partial charge in [0.1, 0.15) is 23.2 Å². The Kier molecular flexibility index (Phi) is 6.66. The number of hydrogen-bond acceptors (Lipinski definition) is 5. The van der Waals surface area contributed by atoms with Crippen LogP contribution in [0, 0.1) is 5.82 Å². The monoisotopic (exact) mass is 457 g/mol. The van der Waals surface area contributed by atoms with Crippen LogP contribution in [0.25, 0.3) is 10.9 Å². The van der Waals surface area contributed by atoms with Gasteiger partial charge in [-0.25, -0.2) is 17.5 Å². The van der Waals surface area contributed by atoms with Gasteiger partial charge in [0.15, 0.2) is 0 Å². The number of likely N-dealkylation sites (tertiary alicyclic amines) is 1. The molecule has 0 unspecified atom stereocenters. The quantitative estimate of drug-likeness (QED) is 0.589. The van der Waals surface area contributed by atoms with Crippen LogP contribution >= 0.6 is 0 Å². The van der Waals surface area contributed by atoms with Gasteiger partial charge in [0, 0.05) is 50.5 Å². The number of carbonyl (C=O) groups is 1. The van der Waals surface area contributed by atoms with E-state index < -0.39 is 15.8 Å². The molecule has 2 aromatic carbocycles. The van der Waals surface area contributed by atoms with Gasteiger partial charge < -0.3 is 9.64 Å². The van der Waals surface area contributed by atoms with Crippen LogP contribution in [0.3, 0.4) is 0 Å². The molecule has 3 aromatic rings. The Bertz CT molecular complexity index is 1210. The number of benzene rings is 2. The molecule has 168 valence electrons. The molecule has 9 heteroatoms. The second-order valence-corrected chi connectivity index (χ2v) is 9.40. The summed E-state index contributed by atoms with van der Waals surface area (Å²) in [6.07, 6.45) is 3.12. The smallest absolute Gasteiger partial charge is 0.240 e. The number of carbonyl (C=O) groups excluding carboxylic acids is 1. The molecular weight excluding hydrogens is 433 g/mol. The zero-order valence-electron chi connectivity index (χ0n) is 17.4. The number of rotatable bonds is 7. The summed E-state index contributed by atoms with van der Waals surface area (Å²) in [5.74, 6) is -0.0230. The first kappa shape index (κ1) is 22.2. The van der Waals surface area contributed by atoms with E-state index in [2.05, 4.69) is 9.71 Å². The van der Waals surface area contributed by atoms with Crippen molar-refractivity contribution in [1.82, 2.24) is 14.6 Å². The highest BCUT2D eigenvalue weighted by molar-refractivity contribution is 7.89. The zero-order chi connectivity index (χ0) is 22.6. The molecule has 1 N–H and O–H groups in total. The molecule has 7 nitrogen and oxygen atoms in total. The average Bonchev–Trinajstić information content (AvgIpc) is 2.80. The Morgan fingerprint density at radius 2 is 1.88 bits per heavy atom. The first-order valence-electron chi connectivity index (χ1n) is 10.5. The van der Waals surface area contributed by atoms with Crippen molar-refractivity contribution < 1.29 is 22.3 Å². The Morgan fingerprint density at radius 1 is 1.12 bits per heavy atom. The van der Waals surface area contributed by atoms with E-state index in [0.717, 1.165) is 22.7 Å². The molecule has 0 bridgehead atoms. The molecule has 1 aliphatic heterocycles. The Labute approximate surface area is 186 Å². The summed E-state index contributed by atoms with van der Waals surface area (Å²) in [6.45, 7) is 1.03. The molecule has 1 fully saturated rings.